The number of rotatable bonds is 9. The van der Waals surface area contributed by atoms with Gasteiger partial charge in [-0.15, -0.1) is 10.2 Å². The number of hydrogen-bond donors (Lipinski definition) is 1. The Bertz CT molecular complexity index is 1260. The third-order valence-corrected chi connectivity index (χ3v) is 6.62. The molecule has 0 unspecified atom stereocenters. The predicted molar refractivity (Wildman–Crippen MR) is 138 cm³/mol. The van der Waals surface area contributed by atoms with E-state index in [-0.39, 0.29) is 11.7 Å². The van der Waals surface area contributed by atoms with Crippen LogP contribution in [0.4, 0.5) is 5.69 Å². The Labute approximate surface area is 212 Å². The van der Waals surface area contributed by atoms with Crippen LogP contribution in [0.3, 0.4) is 0 Å². The first-order chi connectivity index (χ1) is 16.5. The number of halogens is 2. The summed E-state index contributed by atoms with van der Waals surface area (Å²) in [6.07, 6.45) is 0.603. The van der Waals surface area contributed by atoms with E-state index in [1.54, 1.807) is 18.2 Å². The molecule has 0 atom stereocenters. The largest absolute Gasteiger partial charge is 0.494 e. The summed E-state index contributed by atoms with van der Waals surface area (Å²) in [6, 6.07) is 22.9. The average Bonchev–Trinajstić information content (AvgIpc) is 3.24. The van der Waals surface area contributed by atoms with Crippen molar-refractivity contribution in [3.8, 4) is 11.4 Å². The summed E-state index contributed by atoms with van der Waals surface area (Å²) < 4.78 is 7.53. The van der Waals surface area contributed by atoms with Gasteiger partial charge in [-0.25, -0.2) is 0 Å². The summed E-state index contributed by atoms with van der Waals surface area (Å²) in [7, 11) is 0. The van der Waals surface area contributed by atoms with E-state index in [1.807, 2.05) is 66.1 Å². The Morgan fingerprint density at radius 1 is 1.00 bits per heavy atom. The minimum Gasteiger partial charge on any atom is -0.494 e. The lowest BCUT2D eigenvalue weighted by atomic mass is 10.1. The van der Waals surface area contributed by atoms with Gasteiger partial charge in [0, 0.05) is 12.1 Å². The van der Waals surface area contributed by atoms with Crippen LogP contribution in [0, 0.1) is 0 Å². The molecular weight excluding hydrogens is 491 g/mol. The molecule has 0 fully saturated rings. The molecule has 34 heavy (non-hydrogen) atoms. The second-order valence-corrected chi connectivity index (χ2v) is 8.99. The zero-order valence-electron chi connectivity index (χ0n) is 18.4. The molecule has 6 nitrogen and oxygen atoms in total. The van der Waals surface area contributed by atoms with Crippen molar-refractivity contribution in [1.29, 1.82) is 0 Å². The molecule has 174 valence electrons. The van der Waals surface area contributed by atoms with Gasteiger partial charge < -0.3 is 10.1 Å². The van der Waals surface area contributed by atoms with Crippen molar-refractivity contribution >= 4 is 46.6 Å². The van der Waals surface area contributed by atoms with Gasteiger partial charge in [0.2, 0.25) is 5.91 Å². The van der Waals surface area contributed by atoms with E-state index >= 15 is 0 Å². The number of carbonyl (C=O) groups excluding carboxylic acids is 1. The van der Waals surface area contributed by atoms with Crippen molar-refractivity contribution < 1.29 is 9.53 Å². The minimum atomic E-state index is -0.222. The maximum atomic E-state index is 12.6. The van der Waals surface area contributed by atoms with Crippen LogP contribution in [0.5, 0.6) is 5.75 Å². The highest BCUT2D eigenvalue weighted by Crippen LogP contribution is 2.30. The summed E-state index contributed by atoms with van der Waals surface area (Å²) in [6.45, 7) is 2.54. The zero-order chi connectivity index (χ0) is 23.9. The number of nitrogens with zero attached hydrogens (tertiary/aromatic N) is 3. The molecule has 1 amide bonds. The number of carbonyl (C=O) groups is 1. The highest BCUT2D eigenvalue weighted by molar-refractivity contribution is 7.99. The van der Waals surface area contributed by atoms with Crippen LogP contribution in [0.2, 0.25) is 10.0 Å². The molecule has 1 N–H and O–H groups in total. The van der Waals surface area contributed by atoms with Gasteiger partial charge in [-0.3, -0.25) is 9.36 Å². The van der Waals surface area contributed by atoms with Gasteiger partial charge in [0.15, 0.2) is 5.16 Å². The predicted octanol–water partition coefficient (Wildman–Crippen LogP) is 6.29. The molecule has 1 aromatic heterocycles. The normalized spacial score (nSPS) is 10.8. The maximum Gasteiger partial charge on any atom is 0.234 e. The lowest BCUT2D eigenvalue weighted by Gasteiger charge is -2.12. The van der Waals surface area contributed by atoms with E-state index in [1.165, 1.54) is 11.8 Å². The van der Waals surface area contributed by atoms with Crippen LogP contribution in [0.1, 0.15) is 18.3 Å². The first-order valence-corrected chi connectivity index (χ1v) is 12.4. The number of hydrogen-bond acceptors (Lipinski definition) is 5. The van der Waals surface area contributed by atoms with Crippen LogP contribution in [-0.4, -0.2) is 33.0 Å². The van der Waals surface area contributed by atoms with Gasteiger partial charge in [0.1, 0.15) is 11.6 Å². The van der Waals surface area contributed by atoms with Gasteiger partial charge in [-0.2, -0.15) is 0 Å². The Kier molecular flexibility index (Phi) is 8.11. The Balaban J connectivity index is 1.56. The summed E-state index contributed by atoms with van der Waals surface area (Å²) in [5.41, 5.74) is 2.48. The highest BCUT2D eigenvalue weighted by atomic mass is 35.5. The molecular formula is C25H22Cl2N4O2S. The molecule has 0 saturated heterocycles. The summed E-state index contributed by atoms with van der Waals surface area (Å²) in [5.74, 6) is 1.47. The average molecular weight is 513 g/mol. The molecule has 0 saturated carbocycles. The molecule has 4 aromatic rings. The van der Waals surface area contributed by atoms with Crippen LogP contribution in [0.25, 0.3) is 5.69 Å². The fourth-order valence-electron chi connectivity index (χ4n) is 3.32. The second-order valence-electron chi connectivity index (χ2n) is 7.26. The molecule has 0 radical (unpaired) electrons. The smallest absolute Gasteiger partial charge is 0.234 e. The summed E-state index contributed by atoms with van der Waals surface area (Å²) >= 11 is 13.5. The highest BCUT2D eigenvalue weighted by Gasteiger charge is 2.17. The van der Waals surface area contributed by atoms with Crippen molar-refractivity contribution in [1.82, 2.24) is 14.8 Å². The quantitative estimate of drug-likeness (QED) is 0.266. The SMILES string of the molecule is CCOc1ccc(-n2c(Cc3ccccc3)nnc2SCC(=O)Nc2cccc(Cl)c2Cl)cc1. The lowest BCUT2D eigenvalue weighted by molar-refractivity contribution is -0.113. The van der Waals surface area contributed by atoms with Crippen molar-refractivity contribution in [2.45, 2.75) is 18.5 Å². The number of ether oxygens (including phenoxy) is 1. The van der Waals surface area contributed by atoms with Gasteiger partial charge in [-0.1, -0.05) is 71.4 Å². The van der Waals surface area contributed by atoms with Gasteiger partial charge >= 0.3 is 0 Å². The van der Waals surface area contributed by atoms with Crippen LogP contribution < -0.4 is 10.1 Å². The van der Waals surface area contributed by atoms with E-state index in [4.69, 9.17) is 27.9 Å². The van der Waals surface area contributed by atoms with E-state index < -0.39 is 0 Å². The number of nitrogens with one attached hydrogen (secondary N) is 1. The van der Waals surface area contributed by atoms with E-state index in [2.05, 4.69) is 15.5 Å². The Hall–Kier alpha value is -3.00. The van der Waals surface area contributed by atoms with Crippen molar-refractivity contribution in [2.24, 2.45) is 0 Å². The molecule has 0 aliphatic rings. The van der Waals surface area contributed by atoms with Crippen molar-refractivity contribution in [2.75, 3.05) is 17.7 Å². The zero-order valence-corrected chi connectivity index (χ0v) is 20.7. The van der Waals surface area contributed by atoms with Crippen molar-refractivity contribution in [3.05, 3.63) is 94.2 Å². The fraction of sp³-hybridized carbons (Fsp3) is 0.160. The summed E-state index contributed by atoms with van der Waals surface area (Å²) in [4.78, 5) is 12.6. The van der Waals surface area contributed by atoms with Crippen LogP contribution in [-0.2, 0) is 11.2 Å². The lowest BCUT2D eigenvalue weighted by Crippen LogP contribution is -2.15. The van der Waals surface area contributed by atoms with E-state index in [0.29, 0.717) is 33.9 Å². The molecule has 0 spiro atoms. The van der Waals surface area contributed by atoms with Crippen molar-refractivity contribution in [3.63, 3.8) is 0 Å². The summed E-state index contributed by atoms with van der Waals surface area (Å²) in [5, 5.41) is 12.9. The second kappa shape index (κ2) is 11.4. The molecule has 3 aromatic carbocycles. The maximum absolute atomic E-state index is 12.6. The third kappa shape index (κ3) is 5.91. The van der Waals surface area contributed by atoms with Gasteiger partial charge in [0.25, 0.3) is 0 Å². The number of thioether (sulfide) groups is 1. The fourth-order valence-corrected chi connectivity index (χ4v) is 4.44. The number of amides is 1. The molecule has 0 bridgehead atoms. The van der Waals surface area contributed by atoms with E-state index in [9.17, 15) is 4.79 Å². The third-order valence-electron chi connectivity index (χ3n) is 4.87. The Morgan fingerprint density at radius 3 is 2.50 bits per heavy atom. The number of benzene rings is 3. The molecule has 0 aliphatic carbocycles. The van der Waals surface area contributed by atoms with Crippen LogP contribution in [0.15, 0.2) is 78.0 Å². The Morgan fingerprint density at radius 2 is 1.76 bits per heavy atom. The monoisotopic (exact) mass is 512 g/mol. The van der Waals surface area contributed by atoms with E-state index in [0.717, 1.165) is 22.8 Å². The van der Waals surface area contributed by atoms with Gasteiger partial charge in [0.05, 0.1) is 28.1 Å². The number of aromatic nitrogens is 3. The molecule has 1 heterocycles. The van der Waals surface area contributed by atoms with Gasteiger partial charge in [-0.05, 0) is 48.9 Å². The first kappa shape index (κ1) is 24.1. The standard InChI is InChI=1S/C25H22Cl2N4O2S/c1-2-33-19-13-11-18(12-14-19)31-22(15-17-7-4-3-5-8-17)29-30-25(31)34-16-23(32)28-21-10-6-9-20(26)24(21)27/h3-14H,2,15-16H2,1H3,(H,28,32). The minimum absolute atomic E-state index is 0.128. The molecule has 9 heteroatoms. The molecule has 0 aliphatic heterocycles. The first-order valence-electron chi connectivity index (χ1n) is 10.6. The van der Waals surface area contributed by atoms with Crippen LogP contribution >= 0.6 is 35.0 Å². The number of anilines is 1. The molecule has 4 rings (SSSR count). The topological polar surface area (TPSA) is 69.0 Å².